The molecule has 5 rings (SSSR count). The Kier molecular flexibility index (Phi) is 6.17. The van der Waals surface area contributed by atoms with Crippen molar-refractivity contribution in [3.8, 4) is 22.9 Å². The van der Waals surface area contributed by atoms with Crippen LogP contribution in [0.1, 0.15) is 6.92 Å². The summed E-state index contributed by atoms with van der Waals surface area (Å²) in [5.74, 6) is -2.85. The smallest absolute Gasteiger partial charge is 0.193 e. The van der Waals surface area contributed by atoms with Crippen molar-refractivity contribution in [3.63, 3.8) is 0 Å². The second kappa shape index (κ2) is 9.29. The van der Waals surface area contributed by atoms with E-state index < -0.39 is 53.1 Å². The maximum atomic E-state index is 14.8. The molecule has 2 aliphatic rings. The van der Waals surface area contributed by atoms with Crippen LogP contribution in [0.15, 0.2) is 29.3 Å². The van der Waals surface area contributed by atoms with Crippen LogP contribution >= 0.6 is 0 Å². The van der Waals surface area contributed by atoms with E-state index in [9.17, 15) is 18.3 Å². The Balaban J connectivity index is 1.38. The van der Waals surface area contributed by atoms with Gasteiger partial charge in [0.15, 0.2) is 17.8 Å². The number of rotatable bonds is 6. The summed E-state index contributed by atoms with van der Waals surface area (Å²) < 4.78 is 66.5. The molecule has 9 nitrogen and oxygen atoms in total. The Labute approximate surface area is 197 Å². The maximum absolute atomic E-state index is 14.8. The molecule has 4 heterocycles. The zero-order valence-electron chi connectivity index (χ0n) is 18.4. The lowest BCUT2D eigenvalue weighted by atomic mass is 10.1. The number of nitrogens with zero attached hydrogens (tertiary/aromatic N) is 2. The number of aliphatic hydroxyl groups is 1. The third-order valence-electron chi connectivity index (χ3n) is 5.65. The number of hydrogen-bond donors (Lipinski definition) is 3. The second-order valence-electron chi connectivity index (χ2n) is 8.17. The molecule has 3 aromatic rings. The van der Waals surface area contributed by atoms with Crippen molar-refractivity contribution < 1.29 is 37.2 Å². The Hall–Kier alpha value is -3.48. The number of benzene rings is 1. The standard InChI is InChI=1S/C23H21F3N4O5/c1-10(27)28-2-3-32-11-4-12(24)20(13(25)5-11)21-14(26)6-15-16(30-21)7-19(29-15)35-18-9-34-22-17(31)8-33-23(18)22/h2,4-7,17-18,22-23,27,29,31H,3,8-9H2,1H3/t17-,18-,22-,23-/m1/s1. The summed E-state index contributed by atoms with van der Waals surface area (Å²) in [6, 6.07) is 4.41. The molecule has 2 aromatic heterocycles. The first-order chi connectivity index (χ1) is 16.8. The van der Waals surface area contributed by atoms with Gasteiger partial charge < -0.3 is 29.0 Å². The summed E-state index contributed by atoms with van der Waals surface area (Å²) in [4.78, 5) is 10.7. The SMILES string of the molecule is CC(=N)N=CCOc1cc(F)c(-c2nc3cc(O[C@@H]4CO[C@H]5[C@@H]4OC[C@H]5O)[nH]c3cc2F)c(F)c1. The fourth-order valence-corrected chi connectivity index (χ4v) is 4.12. The van der Waals surface area contributed by atoms with Gasteiger partial charge in [0.25, 0.3) is 0 Å². The van der Waals surface area contributed by atoms with E-state index in [0.29, 0.717) is 0 Å². The molecule has 35 heavy (non-hydrogen) atoms. The molecule has 2 saturated heterocycles. The Morgan fingerprint density at radius 3 is 2.66 bits per heavy atom. The number of aromatic nitrogens is 2. The van der Waals surface area contributed by atoms with Gasteiger partial charge in [0.1, 0.15) is 53.8 Å². The van der Waals surface area contributed by atoms with E-state index in [0.717, 1.165) is 18.2 Å². The third-order valence-corrected chi connectivity index (χ3v) is 5.65. The lowest BCUT2D eigenvalue weighted by Crippen LogP contribution is -2.34. The first kappa shape index (κ1) is 23.3. The first-order valence-corrected chi connectivity index (χ1v) is 10.8. The average molecular weight is 490 g/mol. The highest BCUT2D eigenvalue weighted by Gasteiger charge is 2.48. The van der Waals surface area contributed by atoms with Gasteiger partial charge in [-0.25, -0.2) is 23.1 Å². The molecule has 0 spiro atoms. The van der Waals surface area contributed by atoms with E-state index in [-0.39, 0.29) is 48.3 Å². The van der Waals surface area contributed by atoms with Crippen LogP contribution in [0.25, 0.3) is 22.3 Å². The monoisotopic (exact) mass is 490 g/mol. The fourth-order valence-electron chi connectivity index (χ4n) is 4.12. The van der Waals surface area contributed by atoms with Gasteiger partial charge in [-0.05, 0) is 6.92 Å². The number of aliphatic hydroxyl groups excluding tert-OH is 1. The van der Waals surface area contributed by atoms with E-state index in [4.69, 9.17) is 24.4 Å². The van der Waals surface area contributed by atoms with E-state index in [1.807, 2.05) is 0 Å². The van der Waals surface area contributed by atoms with E-state index in [1.54, 1.807) is 0 Å². The van der Waals surface area contributed by atoms with Crippen molar-refractivity contribution >= 4 is 23.1 Å². The fraction of sp³-hybridized carbons (Fsp3) is 0.348. The van der Waals surface area contributed by atoms with Gasteiger partial charge >= 0.3 is 0 Å². The minimum absolute atomic E-state index is 0.0583. The lowest BCUT2D eigenvalue weighted by molar-refractivity contribution is 0.00794. The summed E-state index contributed by atoms with van der Waals surface area (Å²) in [7, 11) is 0. The van der Waals surface area contributed by atoms with Crippen molar-refractivity contribution in [2.75, 3.05) is 19.8 Å². The van der Waals surface area contributed by atoms with Gasteiger partial charge in [0.2, 0.25) is 0 Å². The van der Waals surface area contributed by atoms with E-state index in [1.165, 1.54) is 19.2 Å². The summed E-state index contributed by atoms with van der Waals surface area (Å²) in [6.07, 6.45) is -0.857. The number of ether oxygens (including phenoxy) is 4. The first-order valence-electron chi connectivity index (χ1n) is 10.8. The van der Waals surface area contributed by atoms with Crippen molar-refractivity contribution in [2.24, 2.45) is 4.99 Å². The zero-order chi connectivity index (χ0) is 24.7. The normalized spacial score (nSPS) is 23.8. The van der Waals surface area contributed by atoms with Crippen LogP contribution < -0.4 is 9.47 Å². The molecule has 0 aliphatic carbocycles. The topological polar surface area (TPSA) is 122 Å². The molecule has 0 bridgehead atoms. The van der Waals surface area contributed by atoms with Crippen LogP contribution in [0.5, 0.6) is 11.6 Å². The van der Waals surface area contributed by atoms with E-state index in [2.05, 4.69) is 15.0 Å². The number of aromatic amines is 1. The maximum Gasteiger partial charge on any atom is 0.193 e. The summed E-state index contributed by atoms with van der Waals surface area (Å²) in [5.41, 5.74) is -0.635. The minimum atomic E-state index is -1.05. The molecule has 0 saturated carbocycles. The predicted octanol–water partition coefficient (Wildman–Crippen LogP) is 3.00. The number of pyridine rings is 1. The molecule has 2 aliphatic heterocycles. The largest absolute Gasteiger partial charge is 0.488 e. The molecule has 0 amide bonds. The number of hydrogen-bond acceptors (Lipinski definition) is 7. The van der Waals surface area contributed by atoms with Gasteiger partial charge in [-0.1, -0.05) is 0 Å². The highest BCUT2D eigenvalue weighted by atomic mass is 19.1. The molecule has 0 radical (unpaired) electrons. The zero-order valence-corrected chi connectivity index (χ0v) is 18.4. The third kappa shape index (κ3) is 4.59. The van der Waals surface area contributed by atoms with Gasteiger partial charge in [0, 0.05) is 30.5 Å². The summed E-state index contributed by atoms with van der Waals surface area (Å²) in [6.45, 7) is 1.72. The Morgan fingerprint density at radius 1 is 1.17 bits per heavy atom. The highest BCUT2D eigenvalue weighted by molar-refractivity contribution is 5.85. The van der Waals surface area contributed by atoms with Crippen molar-refractivity contribution in [1.82, 2.24) is 9.97 Å². The molecule has 4 atom stereocenters. The number of H-pyrrole nitrogens is 1. The molecule has 12 heteroatoms. The molecule has 2 fully saturated rings. The predicted molar refractivity (Wildman–Crippen MR) is 119 cm³/mol. The van der Waals surface area contributed by atoms with Crippen LogP contribution in [0.3, 0.4) is 0 Å². The molecular formula is C23H21F3N4O5. The van der Waals surface area contributed by atoms with Crippen LogP contribution in [0.4, 0.5) is 13.2 Å². The molecule has 1 aromatic carbocycles. The average Bonchev–Trinajstić information content (AvgIpc) is 3.48. The number of fused-ring (bicyclic) bond motifs is 2. The second-order valence-corrected chi connectivity index (χ2v) is 8.17. The highest BCUT2D eigenvalue weighted by Crippen LogP contribution is 2.34. The van der Waals surface area contributed by atoms with Crippen molar-refractivity contribution in [1.29, 1.82) is 5.41 Å². The Morgan fingerprint density at radius 2 is 1.91 bits per heavy atom. The Bertz CT molecular complexity index is 1290. The number of aliphatic imine (C=N–C) groups is 1. The summed E-state index contributed by atoms with van der Waals surface area (Å²) in [5, 5.41) is 17.0. The quantitative estimate of drug-likeness (QED) is 0.361. The molecule has 184 valence electrons. The minimum Gasteiger partial charge on any atom is -0.488 e. The van der Waals surface area contributed by atoms with Gasteiger partial charge in [-0.15, -0.1) is 0 Å². The van der Waals surface area contributed by atoms with E-state index >= 15 is 0 Å². The van der Waals surface area contributed by atoms with Crippen LogP contribution in [0, 0.1) is 22.9 Å². The van der Waals surface area contributed by atoms with Crippen molar-refractivity contribution in [3.05, 3.63) is 41.7 Å². The summed E-state index contributed by atoms with van der Waals surface area (Å²) >= 11 is 0. The van der Waals surface area contributed by atoms with Gasteiger partial charge in [-0.3, -0.25) is 5.41 Å². The van der Waals surface area contributed by atoms with Crippen molar-refractivity contribution in [2.45, 2.75) is 31.3 Å². The molecule has 3 N–H and O–H groups in total. The van der Waals surface area contributed by atoms with Crippen LogP contribution in [0.2, 0.25) is 0 Å². The van der Waals surface area contributed by atoms with Gasteiger partial charge in [-0.2, -0.15) is 0 Å². The van der Waals surface area contributed by atoms with Crippen LogP contribution in [-0.4, -0.2) is 71.4 Å². The molecular weight excluding hydrogens is 469 g/mol. The van der Waals surface area contributed by atoms with Gasteiger partial charge in [0.05, 0.1) is 29.8 Å². The molecule has 0 unspecified atom stereocenters. The number of nitrogens with one attached hydrogen (secondary N) is 2. The number of halogens is 3. The van der Waals surface area contributed by atoms with Crippen LogP contribution in [-0.2, 0) is 9.47 Å². The lowest BCUT2D eigenvalue weighted by Gasteiger charge is -2.16. The number of amidine groups is 1.